The van der Waals surface area contributed by atoms with E-state index in [1.54, 1.807) is 24.0 Å². The third-order valence-electron chi connectivity index (χ3n) is 5.16. The highest BCUT2D eigenvalue weighted by atomic mass is 16.6. The molecule has 1 aliphatic heterocycles. The summed E-state index contributed by atoms with van der Waals surface area (Å²) in [6, 6.07) is 12.6. The van der Waals surface area contributed by atoms with E-state index in [0.29, 0.717) is 39.0 Å². The second-order valence-corrected chi connectivity index (χ2v) is 7.07. The molecule has 1 unspecified atom stereocenters. The van der Waals surface area contributed by atoms with Crippen LogP contribution in [0.5, 0.6) is 11.7 Å². The molecule has 1 amide bonds. The van der Waals surface area contributed by atoms with Crippen LogP contribution in [0, 0.1) is 5.41 Å². The van der Waals surface area contributed by atoms with Crippen molar-refractivity contribution in [3.8, 4) is 11.7 Å². The number of likely N-dealkylation sites (tertiary alicyclic amines) is 1. The van der Waals surface area contributed by atoms with E-state index in [2.05, 4.69) is 0 Å². The molecule has 0 radical (unpaired) electrons. The van der Waals surface area contributed by atoms with E-state index >= 15 is 0 Å². The fraction of sp³-hybridized carbons (Fsp3) is 0.455. The Morgan fingerprint density at radius 3 is 2.66 bits per heavy atom. The molecule has 7 nitrogen and oxygen atoms in total. The van der Waals surface area contributed by atoms with Crippen LogP contribution < -0.4 is 9.47 Å². The van der Waals surface area contributed by atoms with Gasteiger partial charge < -0.3 is 23.5 Å². The van der Waals surface area contributed by atoms with E-state index in [4.69, 9.17) is 18.6 Å². The van der Waals surface area contributed by atoms with Gasteiger partial charge in [0.05, 0.1) is 25.7 Å². The molecular formula is C22H27NO6. The molecule has 2 heterocycles. The van der Waals surface area contributed by atoms with Crippen molar-refractivity contribution in [1.82, 2.24) is 4.90 Å². The third-order valence-corrected chi connectivity index (χ3v) is 5.16. The molecule has 1 saturated heterocycles. The van der Waals surface area contributed by atoms with Crippen molar-refractivity contribution in [3.63, 3.8) is 0 Å². The lowest BCUT2D eigenvalue weighted by Crippen LogP contribution is -2.51. The number of benzene rings is 1. The summed E-state index contributed by atoms with van der Waals surface area (Å²) in [5.74, 6) is 0.676. The summed E-state index contributed by atoms with van der Waals surface area (Å²) in [6.45, 7) is 3.27. The molecular weight excluding hydrogens is 374 g/mol. The predicted octanol–water partition coefficient (Wildman–Crippen LogP) is 3.54. The Morgan fingerprint density at radius 2 is 1.97 bits per heavy atom. The van der Waals surface area contributed by atoms with Crippen molar-refractivity contribution < 1.29 is 28.2 Å². The van der Waals surface area contributed by atoms with Crippen LogP contribution in [-0.4, -0.2) is 50.2 Å². The smallest absolute Gasteiger partial charge is 0.314 e. The third kappa shape index (κ3) is 4.91. The van der Waals surface area contributed by atoms with Gasteiger partial charge in [0.2, 0.25) is 0 Å². The largest absolute Gasteiger partial charge is 0.494 e. The van der Waals surface area contributed by atoms with Crippen LogP contribution in [0.25, 0.3) is 0 Å². The zero-order valence-electron chi connectivity index (χ0n) is 16.9. The topological polar surface area (TPSA) is 78.2 Å². The van der Waals surface area contributed by atoms with Gasteiger partial charge in [-0.15, -0.1) is 0 Å². The minimum absolute atomic E-state index is 0.196. The molecule has 2 aromatic rings. The van der Waals surface area contributed by atoms with Gasteiger partial charge in [-0.2, -0.15) is 0 Å². The summed E-state index contributed by atoms with van der Waals surface area (Å²) in [7, 11) is 1.48. The van der Waals surface area contributed by atoms with E-state index in [1.165, 1.54) is 7.11 Å². The van der Waals surface area contributed by atoms with Crippen LogP contribution in [0.15, 0.2) is 46.9 Å². The number of amides is 1. The number of ether oxygens (including phenoxy) is 3. The fourth-order valence-corrected chi connectivity index (χ4v) is 3.64. The second kappa shape index (κ2) is 9.49. The highest BCUT2D eigenvalue weighted by molar-refractivity contribution is 5.92. The van der Waals surface area contributed by atoms with Crippen molar-refractivity contribution in [1.29, 1.82) is 0 Å². The average molecular weight is 401 g/mol. The summed E-state index contributed by atoms with van der Waals surface area (Å²) in [5, 5.41) is 0. The average Bonchev–Trinajstić information content (AvgIpc) is 3.23. The number of piperidine rings is 1. The van der Waals surface area contributed by atoms with Crippen LogP contribution in [0.4, 0.5) is 0 Å². The number of nitrogens with zero attached hydrogens (tertiary/aromatic N) is 1. The molecule has 156 valence electrons. The summed E-state index contributed by atoms with van der Waals surface area (Å²) >= 11 is 0. The van der Waals surface area contributed by atoms with E-state index in [-0.39, 0.29) is 30.1 Å². The van der Waals surface area contributed by atoms with E-state index in [1.807, 2.05) is 30.3 Å². The first-order valence-electron chi connectivity index (χ1n) is 9.86. The monoisotopic (exact) mass is 401 g/mol. The maximum Gasteiger partial charge on any atom is 0.314 e. The van der Waals surface area contributed by atoms with Gasteiger partial charge in [-0.05, 0) is 44.4 Å². The van der Waals surface area contributed by atoms with Crippen molar-refractivity contribution in [3.05, 3.63) is 48.2 Å². The number of esters is 1. The molecule has 1 aromatic heterocycles. The lowest BCUT2D eigenvalue weighted by molar-refractivity contribution is -0.159. The van der Waals surface area contributed by atoms with Crippen LogP contribution in [-0.2, 0) is 9.53 Å². The lowest BCUT2D eigenvalue weighted by Gasteiger charge is -2.40. The molecule has 0 aliphatic carbocycles. The first kappa shape index (κ1) is 20.8. The molecule has 0 spiro atoms. The van der Waals surface area contributed by atoms with Crippen LogP contribution >= 0.6 is 0 Å². The Kier molecular flexibility index (Phi) is 6.80. The van der Waals surface area contributed by atoms with Crippen molar-refractivity contribution >= 4 is 11.9 Å². The van der Waals surface area contributed by atoms with Gasteiger partial charge >= 0.3 is 5.97 Å². The molecule has 3 rings (SSSR count). The molecule has 1 atom stereocenters. The van der Waals surface area contributed by atoms with Gasteiger partial charge in [-0.3, -0.25) is 9.59 Å². The summed E-state index contributed by atoms with van der Waals surface area (Å²) in [5.41, 5.74) is -0.796. The molecule has 0 bridgehead atoms. The minimum atomic E-state index is -0.796. The van der Waals surface area contributed by atoms with E-state index in [9.17, 15) is 9.59 Å². The Balaban J connectivity index is 1.72. The Labute approximate surface area is 170 Å². The number of hydrogen-bond acceptors (Lipinski definition) is 6. The zero-order chi connectivity index (χ0) is 20.7. The number of furan rings is 1. The van der Waals surface area contributed by atoms with E-state index < -0.39 is 5.41 Å². The number of rotatable bonds is 8. The summed E-state index contributed by atoms with van der Waals surface area (Å²) in [6.07, 6.45) is 1.81. The Bertz CT molecular complexity index is 818. The first-order chi connectivity index (χ1) is 14.1. The fourth-order valence-electron chi connectivity index (χ4n) is 3.64. The second-order valence-electron chi connectivity index (χ2n) is 7.07. The van der Waals surface area contributed by atoms with Crippen molar-refractivity contribution in [2.45, 2.75) is 26.2 Å². The molecule has 7 heteroatoms. The number of carbonyl (C=O) groups excluding carboxylic acids is 2. The number of carbonyl (C=O) groups is 2. The number of para-hydroxylation sites is 1. The van der Waals surface area contributed by atoms with Gasteiger partial charge in [0.1, 0.15) is 5.75 Å². The maximum absolute atomic E-state index is 12.9. The first-order valence-corrected chi connectivity index (χ1v) is 9.86. The zero-order valence-corrected chi connectivity index (χ0v) is 16.9. The van der Waals surface area contributed by atoms with Gasteiger partial charge in [0.25, 0.3) is 11.9 Å². The van der Waals surface area contributed by atoms with Gasteiger partial charge in [0, 0.05) is 19.2 Å². The standard InChI is InChI=1S/C22H27NO6/c1-3-27-21(25)22(13-15-28-17-8-5-4-6-9-17)12-7-14-23(16-22)20(24)18-10-11-19(26-2)29-18/h4-6,8-11H,3,7,12-16H2,1-2H3. The quantitative estimate of drug-likeness (QED) is 0.630. The van der Waals surface area contributed by atoms with Crippen molar-refractivity contribution in [2.75, 3.05) is 33.4 Å². The molecule has 1 aromatic carbocycles. The molecule has 1 fully saturated rings. The Morgan fingerprint density at radius 1 is 1.17 bits per heavy atom. The highest BCUT2D eigenvalue weighted by Gasteiger charge is 2.45. The summed E-state index contributed by atoms with van der Waals surface area (Å²) in [4.78, 5) is 27.4. The molecule has 29 heavy (non-hydrogen) atoms. The van der Waals surface area contributed by atoms with Crippen LogP contribution in [0.3, 0.4) is 0 Å². The van der Waals surface area contributed by atoms with Gasteiger partial charge in [-0.25, -0.2) is 0 Å². The molecule has 1 aliphatic rings. The summed E-state index contributed by atoms with van der Waals surface area (Å²) < 4.78 is 21.6. The Hall–Kier alpha value is -2.96. The van der Waals surface area contributed by atoms with Gasteiger partial charge in [-0.1, -0.05) is 18.2 Å². The lowest BCUT2D eigenvalue weighted by atomic mass is 9.77. The minimum Gasteiger partial charge on any atom is -0.494 e. The molecule has 0 N–H and O–H groups in total. The number of hydrogen-bond donors (Lipinski definition) is 0. The highest BCUT2D eigenvalue weighted by Crippen LogP contribution is 2.36. The maximum atomic E-state index is 12.9. The number of methoxy groups -OCH3 is 1. The van der Waals surface area contributed by atoms with Crippen molar-refractivity contribution in [2.24, 2.45) is 5.41 Å². The van der Waals surface area contributed by atoms with E-state index in [0.717, 1.165) is 5.75 Å². The molecule has 0 saturated carbocycles. The SMILES string of the molecule is CCOC(=O)C1(CCOc2ccccc2)CCCN(C(=O)c2ccc(OC)o2)C1. The normalized spacial score (nSPS) is 18.9. The van der Waals surface area contributed by atoms with Crippen LogP contribution in [0.2, 0.25) is 0 Å². The predicted molar refractivity (Wildman–Crippen MR) is 106 cm³/mol. The van der Waals surface area contributed by atoms with Crippen LogP contribution in [0.1, 0.15) is 36.7 Å². The van der Waals surface area contributed by atoms with Gasteiger partial charge in [0.15, 0.2) is 5.76 Å².